The van der Waals surface area contributed by atoms with Crippen molar-refractivity contribution >= 4 is 28.4 Å². The molecule has 0 radical (unpaired) electrons. The molecule has 0 aliphatic heterocycles. The van der Waals surface area contributed by atoms with Crippen LogP contribution in [-0.2, 0) is 0 Å². The molecule has 0 amide bonds. The van der Waals surface area contributed by atoms with Crippen LogP contribution >= 0.6 is 0 Å². The summed E-state index contributed by atoms with van der Waals surface area (Å²) in [6, 6.07) is 14.8. The summed E-state index contributed by atoms with van der Waals surface area (Å²) >= 11 is 0. The van der Waals surface area contributed by atoms with Crippen LogP contribution in [0.3, 0.4) is 0 Å². The van der Waals surface area contributed by atoms with Crippen molar-refractivity contribution in [3.05, 3.63) is 60.9 Å². The molecule has 0 saturated heterocycles. The Morgan fingerprint density at radius 1 is 1.05 bits per heavy atom. The Hall–Kier alpha value is -3.57. The molecule has 1 saturated carbocycles. The average molecular weight is 539 g/mol. The van der Waals surface area contributed by atoms with Gasteiger partial charge in [0.25, 0.3) is 0 Å². The van der Waals surface area contributed by atoms with Crippen molar-refractivity contribution in [2.45, 2.75) is 44.1 Å². The minimum absolute atomic E-state index is 0. The van der Waals surface area contributed by atoms with Crippen LogP contribution in [0.4, 0.5) is 17.5 Å². The number of hydrogen-bond acceptors (Lipinski definition) is 9. The molecule has 200 valence electrons. The molecule has 1 aromatic carbocycles. The van der Waals surface area contributed by atoms with Crippen LogP contribution in [-0.4, -0.2) is 61.2 Å². The topological polar surface area (TPSA) is 147 Å². The predicted molar refractivity (Wildman–Crippen MR) is 139 cm³/mol. The number of pyridine rings is 2. The van der Waals surface area contributed by atoms with Crippen LogP contribution < -0.4 is 32.8 Å². The van der Waals surface area contributed by atoms with E-state index >= 15 is 0 Å². The van der Waals surface area contributed by atoms with Gasteiger partial charge in [0.05, 0.1) is 53.4 Å². The highest BCUT2D eigenvalue weighted by Gasteiger charge is 2.47. The number of fused-ring (bicyclic) bond motifs is 1. The van der Waals surface area contributed by atoms with E-state index in [0.29, 0.717) is 35.3 Å². The fourth-order valence-electron chi connectivity index (χ4n) is 4.78. The first-order valence-corrected chi connectivity index (χ1v) is 12.1. The van der Waals surface area contributed by atoms with E-state index in [1.807, 2.05) is 42.5 Å². The Morgan fingerprint density at radius 2 is 1.84 bits per heavy atom. The number of halogens is 1. The molecular formula is C27H31ClN6O4. The molecule has 4 atom stereocenters. The van der Waals surface area contributed by atoms with Crippen LogP contribution in [0.15, 0.2) is 60.9 Å². The Balaban J connectivity index is 0.00000336. The Bertz CT molecular complexity index is 1420. The van der Waals surface area contributed by atoms with E-state index in [9.17, 15) is 15.3 Å². The highest BCUT2D eigenvalue weighted by molar-refractivity contribution is 5.83. The predicted octanol–water partition coefficient (Wildman–Crippen LogP) is -0.445. The smallest absolute Gasteiger partial charge is 0.367 e. The fourth-order valence-corrected chi connectivity index (χ4v) is 4.78. The van der Waals surface area contributed by atoms with Gasteiger partial charge in [-0.25, -0.2) is 9.97 Å². The number of aliphatic hydroxyl groups is 3. The van der Waals surface area contributed by atoms with Gasteiger partial charge in [-0.05, 0) is 32.4 Å². The third kappa shape index (κ3) is 5.63. The molecular weight excluding hydrogens is 508 g/mol. The van der Waals surface area contributed by atoms with Gasteiger partial charge in [-0.15, -0.1) is 0 Å². The molecule has 11 heteroatoms. The number of rotatable bonds is 7. The zero-order valence-electron chi connectivity index (χ0n) is 21.3. The SMILES string of the molecule is COc1cc(Nc2ncc(-c3ccc4ccccc4n3)c(N[C@@H]3C[C@H](C(C)(C)O)[C@@H](O)[C@H]3O)n2)cc[nH+]1.[Cl-]. The molecule has 0 bridgehead atoms. The number of benzene rings is 1. The number of aromatic amines is 1. The zero-order chi connectivity index (χ0) is 26.2. The molecule has 0 unspecified atom stereocenters. The summed E-state index contributed by atoms with van der Waals surface area (Å²) in [5.74, 6) is 0.838. The summed E-state index contributed by atoms with van der Waals surface area (Å²) in [6.45, 7) is 3.28. The van der Waals surface area contributed by atoms with E-state index in [2.05, 4.69) is 20.6 Å². The van der Waals surface area contributed by atoms with Crippen molar-refractivity contribution in [1.29, 1.82) is 0 Å². The molecule has 3 heterocycles. The molecule has 0 spiro atoms. The maximum atomic E-state index is 10.8. The van der Waals surface area contributed by atoms with E-state index in [-0.39, 0.29) is 12.4 Å². The summed E-state index contributed by atoms with van der Waals surface area (Å²) in [5, 5.41) is 39.4. The summed E-state index contributed by atoms with van der Waals surface area (Å²) in [5.41, 5.74) is 1.71. The van der Waals surface area contributed by atoms with Crippen molar-refractivity contribution < 1.29 is 37.4 Å². The van der Waals surface area contributed by atoms with Crippen LogP contribution in [0.25, 0.3) is 22.2 Å². The molecule has 6 N–H and O–H groups in total. The largest absolute Gasteiger partial charge is 1.00 e. The lowest BCUT2D eigenvalue weighted by Crippen LogP contribution is -3.00. The second kappa shape index (κ2) is 11.0. The Labute approximate surface area is 226 Å². The minimum Gasteiger partial charge on any atom is -1.00 e. The van der Waals surface area contributed by atoms with E-state index < -0.39 is 29.8 Å². The number of hydrogen-bond donors (Lipinski definition) is 5. The van der Waals surface area contributed by atoms with Crippen molar-refractivity contribution in [2.24, 2.45) is 5.92 Å². The van der Waals surface area contributed by atoms with Crippen LogP contribution in [0.5, 0.6) is 5.88 Å². The van der Waals surface area contributed by atoms with E-state index in [4.69, 9.17) is 14.7 Å². The fraction of sp³-hybridized carbons (Fsp3) is 0.333. The van der Waals surface area contributed by atoms with Gasteiger partial charge in [0.1, 0.15) is 11.9 Å². The van der Waals surface area contributed by atoms with E-state index in [1.165, 1.54) is 0 Å². The first-order valence-electron chi connectivity index (χ1n) is 12.1. The molecule has 4 aromatic rings. The van der Waals surface area contributed by atoms with Crippen LogP contribution in [0, 0.1) is 5.92 Å². The molecule has 10 nitrogen and oxygen atoms in total. The second-order valence-electron chi connectivity index (χ2n) is 9.84. The Kier molecular flexibility index (Phi) is 7.98. The van der Waals surface area contributed by atoms with Crippen LogP contribution in [0.2, 0.25) is 0 Å². The number of para-hydroxylation sites is 1. The number of H-pyrrole nitrogens is 1. The number of ether oxygens (including phenoxy) is 1. The van der Waals surface area contributed by atoms with Crippen molar-refractivity contribution in [2.75, 3.05) is 17.7 Å². The summed E-state index contributed by atoms with van der Waals surface area (Å²) < 4.78 is 5.25. The summed E-state index contributed by atoms with van der Waals surface area (Å²) in [6.07, 6.45) is 1.60. The van der Waals surface area contributed by atoms with Gasteiger partial charge >= 0.3 is 5.88 Å². The van der Waals surface area contributed by atoms with E-state index in [0.717, 1.165) is 16.6 Å². The van der Waals surface area contributed by atoms with Gasteiger partial charge in [-0.1, -0.05) is 24.3 Å². The molecule has 38 heavy (non-hydrogen) atoms. The van der Waals surface area contributed by atoms with Gasteiger partial charge in [0, 0.05) is 23.6 Å². The molecule has 3 aromatic heterocycles. The molecule has 5 rings (SSSR count). The molecule has 1 fully saturated rings. The van der Waals surface area contributed by atoms with Crippen molar-refractivity contribution in [3.63, 3.8) is 0 Å². The Morgan fingerprint density at radius 3 is 2.58 bits per heavy atom. The lowest BCUT2D eigenvalue weighted by Gasteiger charge is -2.28. The monoisotopic (exact) mass is 538 g/mol. The number of nitrogens with zero attached hydrogens (tertiary/aromatic N) is 3. The third-order valence-electron chi connectivity index (χ3n) is 6.83. The number of anilines is 3. The highest BCUT2D eigenvalue weighted by atomic mass is 35.5. The number of aliphatic hydroxyl groups excluding tert-OH is 2. The number of nitrogens with one attached hydrogen (secondary N) is 3. The second-order valence-corrected chi connectivity index (χ2v) is 9.84. The summed E-state index contributed by atoms with van der Waals surface area (Å²) in [4.78, 5) is 17.0. The zero-order valence-corrected chi connectivity index (χ0v) is 22.0. The molecule has 1 aliphatic carbocycles. The third-order valence-corrected chi connectivity index (χ3v) is 6.83. The maximum Gasteiger partial charge on any atom is 0.367 e. The molecule has 1 aliphatic rings. The first-order chi connectivity index (χ1) is 17.7. The lowest BCUT2D eigenvalue weighted by atomic mass is 9.88. The van der Waals surface area contributed by atoms with Crippen molar-refractivity contribution in [3.8, 4) is 17.1 Å². The standard InChI is InChI=1S/C27H30N6O4.ClH/c1-27(2,36)18-13-21(24(35)23(18)34)32-25-17(20-9-8-15-6-4-5-7-19(15)31-20)14-29-26(33-25)30-16-10-11-28-22(12-16)37-3;/h4-12,14,18,21,23-24,34-36H,13H2,1-3H3,(H2,28,29,30,32,33);1H/t18-,21+,23+,24-;/m0./s1. The lowest BCUT2D eigenvalue weighted by molar-refractivity contribution is -0.392. The maximum absolute atomic E-state index is 10.8. The summed E-state index contributed by atoms with van der Waals surface area (Å²) in [7, 11) is 1.57. The quantitative estimate of drug-likeness (QED) is 0.211. The number of aromatic nitrogens is 4. The van der Waals surface area contributed by atoms with Gasteiger partial charge in [-0.2, -0.15) is 9.97 Å². The number of methoxy groups -OCH3 is 1. The van der Waals surface area contributed by atoms with Gasteiger partial charge < -0.3 is 43.1 Å². The van der Waals surface area contributed by atoms with Crippen molar-refractivity contribution in [1.82, 2.24) is 15.0 Å². The van der Waals surface area contributed by atoms with E-state index in [1.54, 1.807) is 39.4 Å². The normalized spacial score (nSPS) is 21.1. The van der Waals surface area contributed by atoms with Crippen LogP contribution in [0.1, 0.15) is 20.3 Å². The minimum atomic E-state index is -1.15. The first kappa shape index (κ1) is 27.5. The average Bonchev–Trinajstić information content (AvgIpc) is 3.17. The van der Waals surface area contributed by atoms with Gasteiger partial charge in [0.15, 0.2) is 6.20 Å². The van der Waals surface area contributed by atoms with Gasteiger partial charge in [0.2, 0.25) is 5.95 Å². The highest BCUT2D eigenvalue weighted by Crippen LogP contribution is 2.37. The van der Waals surface area contributed by atoms with Gasteiger partial charge in [-0.3, -0.25) is 0 Å².